The Hall–Kier alpha value is -3.48. The van der Waals surface area contributed by atoms with Crippen molar-refractivity contribution < 1.29 is 4.79 Å². The highest BCUT2D eigenvalue weighted by Crippen LogP contribution is 2.53. The van der Waals surface area contributed by atoms with Gasteiger partial charge in [0, 0.05) is 28.6 Å². The van der Waals surface area contributed by atoms with Gasteiger partial charge in [-0.2, -0.15) is 5.10 Å². The number of pyridine rings is 1. The second-order valence-corrected chi connectivity index (χ2v) is 10.8. The van der Waals surface area contributed by atoms with Gasteiger partial charge in [-0.15, -0.1) is 5.10 Å². The highest BCUT2D eigenvalue weighted by atomic mass is 35.5. The Morgan fingerprint density at radius 3 is 2.57 bits per heavy atom. The summed E-state index contributed by atoms with van der Waals surface area (Å²) in [5, 5.41) is 12.5. The van der Waals surface area contributed by atoms with Gasteiger partial charge >= 0.3 is 0 Å². The molecule has 6 rings (SSSR count). The third-order valence-electron chi connectivity index (χ3n) is 7.42. The number of aromatic nitrogens is 3. The summed E-state index contributed by atoms with van der Waals surface area (Å²) in [6.07, 6.45) is 6.24. The van der Waals surface area contributed by atoms with Gasteiger partial charge in [0.05, 0.1) is 17.8 Å². The van der Waals surface area contributed by atoms with Crippen LogP contribution >= 0.6 is 23.2 Å². The van der Waals surface area contributed by atoms with E-state index in [0.29, 0.717) is 22.4 Å². The number of amides is 1. The molecule has 0 aliphatic heterocycles. The molecular weight excluding hydrogens is 507 g/mol. The predicted octanol–water partition coefficient (Wildman–Crippen LogP) is 5.82. The molecule has 2 aromatic carbocycles. The van der Waals surface area contributed by atoms with Gasteiger partial charge in [0.25, 0.3) is 5.56 Å². The Kier molecular flexibility index (Phi) is 6.09. The van der Waals surface area contributed by atoms with E-state index in [1.165, 1.54) is 11.6 Å². The molecule has 6 nitrogen and oxygen atoms in total. The standard InChI is InChI=1S/C29H24Cl2N4O2/c30-22-3-1-2-19(12-22)24-14-25(24)28(37)33-26-13-21(15-32-34-26)29(10-11-29)20-6-4-18(5-7-20)16-35-17-23(31)8-9-27(35)36/h1-9,12-13,15,17,24-25H,10-11,14,16H2,(H,33,34,37). The molecule has 0 radical (unpaired) electrons. The lowest BCUT2D eigenvalue weighted by Gasteiger charge is -2.17. The second-order valence-electron chi connectivity index (χ2n) is 9.91. The molecule has 1 N–H and O–H groups in total. The van der Waals surface area contributed by atoms with Crippen LogP contribution in [0.4, 0.5) is 5.82 Å². The first-order valence-corrected chi connectivity index (χ1v) is 13.0. The number of nitrogens with zero attached hydrogens (tertiary/aromatic N) is 3. The monoisotopic (exact) mass is 530 g/mol. The van der Waals surface area contributed by atoms with Crippen molar-refractivity contribution in [1.29, 1.82) is 0 Å². The Morgan fingerprint density at radius 1 is 1.00 bits per heavy atom. The van der Waals surface area contributed by atoms with Crippen molar-refractivity contribution in [1.82, 2.24) is 14.8 Å². The van der Waals surface area contributed by atoms with Crippen LogP contribution in [0.25, 0.3) is 0 Å². The van der Waals surface area contributed by atoms with E-state index < -0.39 is 0 Å². The molecule has 2 aromatic heterocycles. The Balaban J connectivity index is 1.15. The molecule has 186 valence electrons. The number of hydrogen-bond acceptors (Lipinski definition) is 4. The third kappa shape index (κ3) is 4.91. The van der Waals surface area contributed by atoms with E-state index in [4.69, 9.17) is 23.2 Å². The number of carbonyl (C=O) groups is 1. The van der Waals surface area contributed by atoms with Crippen molar-refractivity contribution in [3.63, 3.8) is 0 Å². The lowest BCUT2D eigenvalue weighted by Crippen LogP contribution is -2.19. The van der Waals surface area contributed by atoms with E-state index in [-0.39, 0.29) is 28.7 Å². The second kappa shape index (κ2) is 9.43. The van der Waals surface area contributed by atoms with E-state index in [9.17, 15) is 9.59 Å². The largest absolute Gasteiger partial charge is 0.310 e. The highest BCUT2D eigenvalue weighted by Gasteiger charge is 2.47. The van der Waals surface area contributed by atoms with Crippen LogP contribution in [0, 0.1) is 5.92 Å². The van der Waals surface area contributed by atoms with Crippen molar-refractivity contribution in [3.8, 4) is 0 Å². The molecule has 2 atom stereocenters. The number of rotatable bonds is 7. The topological polar surface area (TPSA) is 76.9 Å². The summed E-state index contributed by atoms with van der Waals surface area (Å²) in [5.41, 5.74) is 4.11. The van der Waals surface area contributed by atoms with Crippen molar-refractivity contribution in [3.05, 3.63) is 122 Å². The fourth-order valence-corrected chi connectivity index (χ4v) is 5.50. The Labute approximate surface area is 224 Å². The number of anilines is 1. The van der Waals surface area contributed by atoms with E-state index in [2.05, 4.69) is 27.6 Å². The fourth-order valence-electron chi connectivity index (χ4n) is 5.12. The van der Waals surface area contributed by atoms with Crippen LogP contribution in [0.15, 0.2) is 83.9 Å². The highest BCUT2D eigenvalue weighted by molar-refractivity contribution is 6.30. The van der Waals surface area contributed by atoms with Gasteiger partial charge < -0.3 is 9.88 Å². The van der Waals surface area contributed by atoms with Crippen LogP contribution in [-0.2, 0) is 16.8 Å². The molecule has 2 unspecified atom stereocenters. The predicted molar refractivity (Wildman–Crippen MR) is 144 cm³/mol. The maximum Gasteiger partial charge on any atom is 0.250 e. The lowest BCUT2D eigenvalue weighted by atomic mass is 9.89. The normalized spacial score (nSPS) is 19.3. The Bertz CT molecular complexity index is 1550. The van der Waals surface area contributed by atoms with Crippen LogP contribution in [0.3, 0.4) is 0 Å². The van der Waals surface area contributed by atoms with Crippen LogP contribution in [-0.4, -0.2) is 20.7 Å². The van der Waals surface area contributed by atoms with Gasteiger partial charge in [0.2, 0.25) is 5.91 Å². The van der Waals surface area contributed by atoms with Crippen molar-refractivity contribution in [2.24, 2.45) is 5.92 Å². The number of carbonyl (C=O) groups excluding carboxylic acids is 1. The third-order valence-corrected chi connectivity index (χ3v) is 7.88. The van der Waals surface area contributed by atoms with Crippen molar-refractivity contribution in [2.75, 3.05) is 5.32 Å². The zero-order valence-corrected chi connectivity index (χ0v) is 21.4. The number of nitrogens with one attached hydrogen (secondary N) is 1. The molecule has 8 heteroatoms. The van der Waals surface area contributed by atoms with Gasteiger partial charge in [-0.3, -0.25) is 9.59 Å². The fraction of sp³-hybridized carbons (Fsp3) is 0.241. The van der Waals surface area contributed by atoms with E-state index in [1.807, 2.05) is 42.5 Å². The number of hydrogen-bond donors (Lipinski definition) is 1. The molecule has 2 aliphatic carbocycles. The smallest absolute Gasteiger partial charge is 0.250 e. The molecule has 2 aliphatic rings. The van der Waals surface area contributed by atoms with Crippen LogP contribution < -0.4 is 10.9 Å². The average Bonchev–Trinajstić information content (AvgIpc) is 3.81. The first-order valence-electron chi connectivity index (χ1n) is 12.3. The summed E-state index contributed by atoms with van der Waals surface area (Å²) in [5.74, 6) is 0.536. The molecule has 1 amide bonds. The molecule has 2 fully saturated rings. The van der Waals surface area contributed by atoms with Gasteiger partial charge in [-0.25, -0.2) is 0 Å². The summed E-state index contributed by atoms with van der Waals surface area (Å²) < 4.78 is 1.60. The summed E-state index contributed by atoms with van der Waals surface area (Å²) in [6.45, 7) is 0.455. The van der Waals surface area contributed by atoms with E-state index in [1.54, 1.807) is 23.0 Å². The summed E-state index contributed by atoms with van der Waals surface area (Å²) in [6, 6.07) is 21.0. The molecular formula is C29H24Cl2N4O2. The summed E-state index contributed by atoms with van der Waals surface area (Å²) in [4.78, 5) is 25.0. The number of halogens is 2. The average molecular weight is 531 g/mol. The molecule has 37 heavy (non-hydrogen) atoms. The molecule has 2 saturated carbocycles. The molecule has 0 bridgehead atoms. The van der Waals surface area contributed by atoms with Gasteiger partial charge in [0.15, 0.2) is 5.82 Å². The first kappa shape index (κ1) is 23.9. The number of benzene rings is 2. The minimum absolute atomic E-state index is 0.0399. The maximum atomic E-state index is 12.9. The quantitative estimate of drug-likeness (QED) is 0.326. The molecule has 2 heterocycles. The summed E-state index contributed by atoms with van der Waals surface area (Å²) >= 11 is 12.2. The molecule has 4 aromatic rings. The summed E-state index contributed by atoms with van der Waals surface area (Å²) in [7, 11) is 0. The van der Waals surface area contributed by atoms with Crippen LogP contribution in [0.2, 0.25) is 10.0 Å². The van der Waals surface area contributed by atoms with Crippen molar-refractivity contribution in [2.45, 2.75) is 37.1 Å². The van der Waals surface area contributed by atoms with Crippen LogP contribution in [0.5, 0.6) is 0 Å². The maximum absolute atomic E-state index is 12.9. The van der Waals surface area contributed by atoms with Gasteiger partial charge in [0.1, 0.15) is 0 Å². The minimum Gasteiger partial charge on any atom is -0.310 e. The van der Waals surface area contributed by atoms with Gasteiger partial charge in [-0.1, -0.05) is 59.6 Å². The van der Waals surface area contributed by atoms with Gasteiger partial charge in [-0.05, 0) is 71.7 Å². The molecule has 0 spiro atoms. The molecule has 0 saturated heterocycles. The SMILES string of the molecule is O=C(Nc1cc(C2(c3ccc(Cn4cc(Cl)ccc4=O)cc3)CC2)cnn1)C1CC1c1cccc(Cl)c1. The zero-order valence-electron chi connectivity index (χ0n) is 19.9. The first-order chi connectivity index (χ1) is 17.9. The Morgan fingerprint density at radius 2 is 1.81 bits per heavy atom. The van der Waals surface area contributed by atoms with Crippen LogP contribution in [0.1, 0.15) is 47.4 Å². The minimum atomic E-state index is -0.135. The lowest BCUT2D eigenvalue weighted by molar-refractivity contribution is -0.117. The van der Waals surface area contributed by atoms with Crippen molar-refractivity contribution >= 4 is 34.9 Å². The zero-order chi connectivity index (χ0) is 25.6. The van der Waals surface area contributed by atoms with E-state index >= 15 is 0 Å². The van der Waals surface area contributed by atoms with E-state index in [0.717, 1.165) is 36.0 Å².